The van der Waals surface area contributed by atoms with Crippen molar-refractivity contribution in [3.05, 3.63) is 29.8 Å². The summed E-state index contributed by atoms with van der Waals surface area (Å²) in [6.45, 7) is 4.27. The first kappa shape index (κ1) is 12.1. The molecule has 0 bridgehead atoms. The fraction of sp³-hybridized carbons (Fsp3) is 0.500. The Labute approximate surface area is 102 Å². The zero-order chi connectivity index (χ0) is 12.3. The van der Waals surface area contributed by atoms with Gasteiger partial charge in [0.05, 0.1) is 0 Å². The first-order chi connectivity index (χ1) is 8.11. The number of carbonyl (C=O) groups is 1. The van der Waals surface area contributed by atoms with E-state index in [1.165, 1.54) is 0 Å². The summed E-state index contributed by atoms with van der Waals surface area (Å²) in [5.41, 5.74) is 0.563. The second-order valence-corrected chi connectivity index (χ2v) is 5.05. The highest BCUT2D eigenvalue weighted by Crippen LogP contribution is 2.28. The van der Waals surface area contributed by atoms with Gasteiger partial charge in [-0.3, -0.25) is 4.79 Å². The molecule has 0 saturated carbocycles. The zero-order valence-electron chi connectivity index (χ0n) is 10.5. The molecule has 1 fully saturated rings. The fourth-order valence-electron chi connectivity index (χ4n) is 2.13. The summed E-state index contributed by atoms with van der Waals surface area (Å²) in [5, 5.41) is 0. The summed E-state index contributed by atoms with van der Waals surface area (Å²) >= 11 is 0. The van der Waals surface area contributed by atoms with Crippen molar-refractivity contribution in [3.8, 4) is 5.75 Å². The maximum atomic E-state index is 10.7. The van der Waals surface area contributed by atoms with Gasteiger partial charge in [-0.15, -0.1) is 0 Å². The van der Waals surface area contributed by atoms with Crippen LogP contribution >= 0.6 is 0 Å². The van der Waals surface area contributed by atoms with Crippen molar-refractivity contribution >= 4 is 6.29 Å². The number of likely N-dealkylation sites (tertiary alicyclic amines) is 1. The number of piperidine rings is 1. The molecule has 0 aromatic heterocycles. The molecule has 1 aromatic rings. The van der Waals surface area contributed by atoms with Gasteiger partial charge in [-0.2, -0.15) is 0 Å². The molecule has 17 heavy (non-hydrogen) atoms. The van der Waals surface area contributed by atoms with Crippen LogP contribution in [0, 0.1) is 0 Å². The smallest absolute Gasteiger partial charge is 0.150 e. The van der Waals surface area contributed by atoms with Gasteiger partial charge in [0.1, 0.15) is 17.6 Å². The topological polar surface area (TPSA) is 29.5 Å². The van der Waals surface area contributed by atoms with E-state index in [9.17, 15) is 4.79 Å². The van der Waals surface area contributed by atoms with Gasteiger partial charge in [-0.25, -0.2) is 0 Å². The quantitative estimate of drug-likeness (QED) is 0.751. The molecule has 92 valence electrons. The van der Waals surface area contributed by atoms with Gasteiger partial charge in [0.15, 0.2) is 0 Å². The predicted octanol–water partition coefficient (Wildman–Crippen LogP) is 2.36. The third kappa shape index (κ3) is 3.07. The van der Waals surface area contributed by atoms with Crippen molar-refractivity contribution in [1.29, 1.82) is 0 Å². The Kier molecular flexibility index (Phi) is 3.48. The lowest BCUT2D eigenvalue weighted by Gasteiger charge is -2.38. The molecule has 1 aliphatic heterocycles. The molecule has 3 nitrogen and oxygen atoms in total. The molecule has 3 heteroatoms. The number of benzene rings is 1. The van der Waals surface area contributed by atoms with E-state index in [0.717, 1.165) is 38.0 Å². The second kappa shape index (κ2) is 4.88. The first-order valence-electron chi connectivity index (χ1n) is 6.04. The minimum Gasteiger partial charge on any atom is -0.487 e. The number of aldehydes is 1. The van der Waals surface area contributed by atoms with Crippen LogP contribution in [0.4, 0.5) is 0 Å². The molecule has 0 unspecified atom stereocenters. The predicted molar refractivity (Wildman–Crippen MR) is 67.6 cm³/mol. The first-order valence-corrected chi connectivity index (χ1v) is 6.04. The van der Waals surface area contributed by atoms with E-state index in [2.05, 4.69) is 18.9 Å². The molecule has 0 aliphatic carbocycles. The van der Waals surface area contributed by atoms with Crippen molar-refractivity contribution < 1.29 is 9.53 Å². The molecule has 0 amide bonds. The van der Waals surface area contributed by atoms with E-state index in [1.54, 1.807) is 12.1 Å². The average molecular weight is 233 g/mol. The van der Waals surface area contributed by atoms with Crippen molar-refractivity contribution in [3.63, 3.8) is 0 Å². The average Bonchev–Trinajstić information content (AvgIpc) is 2.33. The molecule has 0 N–H and O–H groups in total. The Bertz CT molecular complexity index is 395. The molecular weight excluding hydrogens is 214 g/mol. The zero-order valence-corrected chi connectivity index (χ0v) is 10.5. The number of rotatable bonds is 3. The Morgan fingerprint density at radius 2 is 2.06 bits per heavy atom. The Morgan fingerprint density at radius 1 is 1.35 bits per heavy atom. The van der Waals surface area contributed by atoms with E-state index in [1.807, 2.05) is 12.1 Å². The third-order valence-electron chi connectivity index (χ3n) is 3.40. The molecule has 2 rings (SSSR count). The standard InChI is InChI=1S/C14H19NO2/c1-14(6-8-15(2)9-7-14)17-13-5-3-4-12(10-13)11-16/h3-5,10-11H,6-9H2,1-2H3. The lowest BCUT2D eigenvalue weighted by molar-refractivity contribution is 0.0240. The molecule has 1 heterocycles. The second-order valence-electron chi connectivity index (χ2n) is 5.05. The summed E-state index contributed by atoms with van der Waals surface area (Å²) in [6, 6.07) is 7.36. The molecule has 0 radical (unpaired) electrons. The highest BCUT2D eigenvalue weighted by Gasteiger charge is 2.30. The Balaban J connectivity index is 2.06. The Hall–Kier alpha value is -1.35. The molecule has 0 spiro atoms. The summed E-state index contributed by atoms with van der Waals surface area (Å²) in [7, 11) is 2.13. The normalized spacial score (nSPS) is 19.9. The fourth-order valence-corrected chi connectivity index (χ4v) is 2.13. The SMILES string of the molecule is CN1CCC(C)(Oc2cccc(C=O)c2)CC1. The Morgan fingerprint density at radius 3 is 2.71 bits per heavy atom. The van der Waals surface area contributed by atoms with Crippen molar-refractivity contribution in [1.82, 2.24) is 4.90 Å². The number of nitrogens with zero attached hydrogens (tertiary/aromatic N) is 1. The van der Waals surface area contributed by atoms with Gasteiger partial charge in [-0.1, -0.05) is 12.1 Å². The van der Waals surface area contributed by atoms with Crippen LogP contribution in [0.5, 0.6) is 5.75 Å². The highest BCUT2D eigenvalue weighted by molar-refractivity contribution is 5.75. The van der Waals surface area contributed by atoms with Crippen LogP contribution in [0.1, 0.15) is 30.1 Å². The van der Waals surface area contributed by atoms with Gasteiger partial charge in [-0.05, 0) is 38.9 Å². The summed E-state index contributed by atoms with van der Waals surface area (Å²) in [6.07, 6.45) is 2.90. The summed E-state index contributed by atoms with van der Waals surface area (Å²) in [5.74, 6) is 0.793. The van der Waals surface area contributed by atoms with Gasteiger partial charge >= 0.3 is 0 Å². The van der Waals surface area contributed by atoms with E-state index in [4.69, 9.17) is 4.74 Å². The minimum atomic E-state index is -0.103. The van der Waals surface area contributed by atoms with Gasteiger partial charge in [0.25, 0.3) is 0 Å². The van der Waals surface area contributed by atoms with Crippen LogP contribution in [0.3, 0.4) is 0 Å². The maximum absolute atomic E-state index is 10.7. The minimum absolute atomic E-state index is 0.103. The maximum Gasteiger partial charge on any atom is 0.150 e. The molecule has 0 atom stereocenters. The number of carbonyl (C=O) groups excluding carboxylic acids is 1. The number of hydrogen-bond donors (Lipinski definition) is 0. The van der Waals surface area contributed by atoms with Crippen LogP contribution in [-0.4, -0.2) is 36.9 Å². The van der Waals surface area contributed by atoms with Gasteiger partial charge in [0, 0.05) is 18.7 Å². The van der Waals surface area contributed by atoms with Crippen LogP contribution < -0.4 is 4.74 Å². The molecule has 1 aromatic carbocycles. The monoisotopic (exact) mass is 233 g/mol. The number of hydrogen-bond acceptors (Lipinski definition) is 3. The largest absolute Gasteiger partial charge is 0.487 e. The van der Waals surface area contributed by atoms with Crippen molar-refractivity contribution in [2.24, 2.45) is 0 Å². The van der Waals surface area contributed by atoms with E-state index >= 15 is 0 Å². The molecular formula is C14H19NO2. The van der Waals surface area contributed by atoms with Crippen LogP contribution in [0.25, 0.3) is 0 Å². The third-order valence-corrected chi connectivity index (χ3v) is 3.40. The van der Waals surface area contributed by atoms with Gasteiger partial charge < -0.3 is 9.64 Å². The summed E-state index contributed by atoms with van der Waals surface area (Å²) < 4.78 is 6.05. The van der Waals surface area contributed by atoms with E-state index in [-0.39, 0.29) is 5.60 Å². The lowest BCUT2D eigenvalue weighted by atomic mass is 9.93. The van der Waals surface area contributed by atoms with Gasteiger partial charge in [0.2, 0.25) is 0 Å². The van der Waals surface area contributed by atoms with Crippen molar-refractivity contribution in [2.75, 3.05) is 20.1 Å². The lowest BCUT2D eigenvalue weighted by Crippen LogP contribution is -2.44. The number of ether oxygens (including phenoxy) is 1. The van der Waals surface area contributed by atoms with E-state index in [0.29, 0.717) is 5.56 Å². The van der Waals surface area contributed by atoms with Crippen LogP contribution in [-0.2, 0) is 0 Å². The summed E-state index contributed by atoms with van der Waals surface area (Å²) in [4.78, 5) is 13.0. The van der Waals surface area contributed by atoms with Crippen LogP contribution in [0.2, 0.25) is 0 Å². The highest BCUT2D eigenvalue weighted by atomic mass is 16.5. The van der Waals surface area contributed by atoms with Crippen LogP contribution in [0.15, 0.2) is 24.3 Å². The molecule has 1 aliphatic rings. The van der Waals surface area contributed by atoms with E-state index < -0.39 is 0 Å². The molecule has 1 saturated heterocycles. The van der Waals surface area contributed by atoms with Crippen molar-refractivity contribution in [2.45, 2.75) is 25.4 Å².